The molecular formula is C17H16F2N3O6PS. The van der Waals surface area contributed by atoms with E-state index in [2.05, 4.69) is 9.63 Å². The van der Waals surface area contributed by atoms with Gasteiger partial charge in [0.2, 0.25) is 0 Å². The normalized spacial score (nSPS) is 19.0. The Morgan fingerprint density at radius 2 is 1.93 bits per heavy atom. The number of phosphoric ester groups is 1. The SMILES string of the molecule is O=C(NO)N1N=C(c2cc(F)ccc2F)SC1(CCOP(=O)(O)O)c1ccccc1. The van der Waals surface area contributed by atoms with Crippen LogP contribution in [0.5, 0.6) is 0 Å². The van der Waals surface area contributed by atoms with Crippen LogP contribution in [0.4, 0.5) is 13.6 Å². The molecule has 9 nitrogen and oxygen atoms in total. The third-order valence-electron chi connectivity index (χ3n) is 4.17. The van der Waals surface area contributed by atoms with Crippen molar-refractivity contribution in [2.45, 2.75) is 11.3 Å². The fourth-order valence-electron chi connectivity index (χ4n) is 2.91. The minimum atomic E-state index is -4.81. The Morgan fingerprint density at radius 3 is 2.57 bits per heavy atom. The van der Waals surface area contributed by atoms with Gasteiger partial charge in [-0.15, -0.1) is 0 Å². The van der Waals surface area contributed by atoms with Gasteiger partial charge in [0.05, 0.1) is 6.61 Å². The molecule has 1 aliphatic heterocycles. The van der Waals surface area contributed by atoms with Crippen molar-refractivity contribution < 1.29 is 37.7 Å². The van der Waals surface area contributed by atoms with Gasteiger partial charge in [0.25, 0.3) is 0 Å². The number of carbonyl (C=O) groups excluding carboxylic acids is 1. The van der Waals surface area contributed by atoms with E-state index < -0.39 is 37.0 Å². The number of halogens is 2. The monoisotopic (exact) mass is 459 g/mol. The van der Waals surface area contributed by atoms with Crippen LogP contribution < -0.4 is 5.48 Å². The number of urea groups is 1. The van der Waals surface area contributed by atoms with Gasteiger partial charge >= 0.3 is 13.9 Å². The van der Waals surface area contributed by atoms with Gasteiger partial charge in [-0.3, -0.25) is 9.73 Å². The summed E-state index contributed by atoms with van der Waals surface area (Å²) in [6.45, 7) is -0.504. The lowest BCUT2D eigenvalue weighted by molar-refractivity contribution is 0.0989. The fraction of sp³-hybridized carbons (Fsp3) is 0.176. The average Bonchev–Trinajstić information content (AvgIpc) is 3.09. The predicted molar refractivity (Wildman–Crippen MR) is 103 cm³/mol. The summed E-state index contributed by atoms with van der Waals surface area (Å²) in [5.41, 5.74) is 1.67. The van der Waals surface area contributed by atoms with Crippen LogP contribution in [0, 0.1) is 11.6 Å². The van der Waals surface area contributed by atoms with E-state index in [0.717, 1.165) is 35.0 Å². The van der Waals surface area contributed by atoms with Crippen molar-refractivity contribution in [1.82, 2.24) is 10.5 Å². The minimum absolute atomic E-state index is 0.0735. The molecule has 0 bridgehead atoms. The molecule has 13 heteroatoms. The largest absolute Gasteiger partial charge is 0.469 e. The molecular weight excluding hydrogens is 443 g/mol. The molecule has 0 fully saturated rings. The number of hydroxylamine groups is 1. The number of hydrogen-bond donors (Lipinski definition) is 4. The molecule has 0 saturated carbocycles. The maximum absolute atomic E-state index is 14.3. The molecule has 0 saturated heterocycles. The van der Waals surface area contributed by atoms with E-state index in [1.54, 1.807) is 30.3 Å². The first-order valence-electron chi connectivity index (χ1n) is 8.39. The van der Waals surface area contributed by atoms with E-state index in [0.29, 0.717) is 5.56 Å². The molecule has 0 spiro atoms. The summed E-state index contributed by atoms with van der Waals surface area (Å²) >= 11 is 0.854. The Kier molecular flexibility index (Phi) is 6.56. The van der Waals surface area contributed by atoms with E-state index in [1.165, 1.54) is 5.48 Å². The van der Waals surface area contributed by atoms with Crippen molar-refractivity contribution in [1.29, 1.82) is 0 Å². The molecule has 1 aliphatic rings. The van der Waals surface area contributed by atoms with Gasteiger partial charge in [-0.2, -0.15) is 10.1 Å². The number of nitrogens with zero attached hydrogens (tertiary/aromatic N) is 2. The van der Waals surface area contributed by atoms with Crippen LogP contribution in [0.15, 0.2) is 53.6 Å². The summed E-state index contributed by atoms with van der Waals surface area (Å²) < 4.78 is 43.7. The van der Waals surface area contributed by atoms with Gasteiger partial charge < -0.3 is 9.79 Å². The molecule has 3 rings (SSSR count). The maximum Gasteiger partial charge on any atom is 0.469 e. The van der Waals surface area contributed by atoms with Crippen molar-refractivity contribution in [2.75, 3.05) is 6.61 Å². The van der Waals surface area contributed by atoms with Crippen molar-refractivity contribution in [3.05, 3.63) is 71.3 Å². The number of thioether (sulfide) groups is 1. The molecule has 1 heterocycles. The van der Waals surface area contributed by atoms with Crippen molar-refractivity contribution in [3.63, 3.8) is 0 Å². The lowest BCUT2D eigenvalue weighted by Gasteiger charge is -2.35. The maximum atomic E-state index is 14.3. The summed E-state index contributed by atoms with van der Waals surface area (Å²) in [6.07, 6.45) is -0.204. The summed E-state index contributed by atoms with van der Waals surface area (Å²) in [5, 5.41) is 14.0. The van der Waals surface area contributed by atoms with E-state index in [1.807, 2.05) is 0 Å². The number of rotatable bonds is 6. The number of hydrogen-bond acceptors (Lipinski definition) is 6. The Bertz CT molecular complexity index is 1020. The zero-order valence-corrected chi connectivity index (χ0v) is 16.8. The van der Waals surface area contributed by atoms with Crippen LogP contribution in [-0.4, -0.2) is 37.7 Å². The Hall–Kier alpha value is -2.34. The molecule has 2 aromatic carbocycles. The van der Waals surface area contributed by atoms with E-state index in [4.69, 9.17) is 9.79 Å². The molecule has 1 atom stereocenters. The quantitative estimate of drug-likeness (QED) is 0.297. The highest BCUT2D eigenvalue weighted by Gasteiger charge is 2.49. The second kappa shape index (κ2) is 8.80. The first-order chi connectivity index (χ1) is 14.2. The highest BCUT2D eigenvalue weighted by molar-refractivity contribution is 8.15. The van der Waals surface area contributed by atoms with Gasteiger partial charge in [0.1, 0.15) is 21.5 Å². The average molecular weight is 459 g/mol. The van der Waals surface area contributed by atoms with Crippen molar-refractivity contribution >= 4 is 30.7 Å². The van der Waals surface area contributed by atoms with Gasteiger partial charge in [0, 0.05) is 12.0 Å². The van der Waals surface area contributed by atoms with Crippen LogP contribution in [0.2, 0.25) is 0 Å². The highest BCUT2D eigenvalue weighted by atomic mass is 32.2. The highest BCUT2D eigenvalue weighted by Crippen LogP contribution is 2.50. The summed E-state index contributed by atoms with van der Waals surface area (Å²) in [5.74, 6) is -1.52. The molecule has 2 aromatic rings. The summed E-state index contributed by atoms with van der Waals surface area (Å²) in [7, 11) is -4.81. The molecule has 0 aliphatic carbocycles. The van der Waals surface area contributed by atoms with Crippen molar-refractivity contribution in [2.24, 2.45) is 5.10 Å². The first kappa shape index (κ1) is 22.3. The lowest BCUT2D eigenvalue weighted by atomic mass is 10.0. The number of amides is 2. The minimum Gasteiger partial charge on any atom is -0.303 e. The van der Waals surface area contributed by atoms with Crippen LogP contribution >= 0.6 is 19.6 Å². The third kappa shape index (κ3) is 4.69. The number of phosphoric acid groups is 1. The lowest BCUT2D eigenvalue weighted by Crippen LogP contribution is -2.46. The first-order valence-corrected chi connectivity index (χ1v) is 10.7. The Morgan fingerprint density at radius 1 is 1.23 bits per heavy atom. The topological polar surface area (TPSA) is 132 Å². The molecule has 0 radical (unpaired) electrons. The summed E-state index contributed by atoms with van der Waals surface area (Å²) in [4.78, 5) is 28.9. The third-order valence-corrected chi connectivity index (χ3v) is 6.13. The van der Waals surface area contributed by atoms with Gasteiger partial charge in [0.15, 0.2) is 0 Å². The number of carbonyl (C=O) groups is 1. The Labute approximate surface area is 173 Å². The molecule has 4 N–H and O–H groups in total. The molecule has 2 amide bonds. The Balaban J connectivity index is 2.08. The van der Waals surface area contributed by atoms with Crippen LogP contribution in [-0.2, 0) is 14.0 Å². The van der Waals surface area contributed by atoms with E-state index in [-0.39, 0.29) is 17.0 Å². The predicted octanol–water partition coefficient (Wildman–Crippen LogP) is 3.13. The van der Waals surface area contributed by atoms with Gasteiger partial charge in [-0.25, -0.2) is 23.6 Å². The molecule has 160 valence electrons. The zero-order valence-electron chi connectivity index (χ0n) is 15.1. The molecule has 0 aromatic heterocycles. The standard InChI is InChI=1S/C17H16F2N3O6PS/c18-12-6-7-14(19)13(10-12)15-20-22(16(23)21-24)17(30-15,8-9-28-29(25,26)27)11-4-2-1-3-5-11/h1-7,10,24H,8-9H2,(H,21,23)(H2,25,26,27). The second-order valence-corrected chi connectivity index (χ2v) is 8.59. The number of hydrazone groups is 1. The number of nitrogens with one attached hydrogen (secondary N) is 1. The second-order valence-electron chi connectivity index (χ2n) is 6.08. The molecule has 1 unspecified atom stereocenters. The smallest absolute Gasteiger partial charge is 0.303 e. The zero-order chi connectivity index (χ0) is 21.9. The van der Waals surface area contributed by atoms with Crippen LogP contribution in [0.3, 0.4) is 0 Å². The van der Waals surface area contributed by atoms with Gasteiger partial charge in [-0.05, 0) is 23.8 Å². The van der Waals surface area contributed by atoms with E-state index in [9.17, 15) is 23.3 Å². The summed E-state index contributed by atoms with van der Waals surface area (Å²) in [6, 6.07) is 9.88. The number of benzene rings is 2. The van der Waals surface area contributed by atoms with Gasteiger partial charge in [-0.1, -0.05) is 42.1 Å². The van der Waals surface area contributed by atoms with Crippen LogP contribution in [0.1, 0.15) is 17.5 Å². The van der Waals surface area contributed by atoms with Crippen LogP contribution in [0.25, 0.3) is 0 Å². The molecule has 30 heavy (non-hydrogen) atoms. The van der Waals surface area contributed by atoms with Crippen molar-refractivity contribution in [3.8, 4) is 0 Å². The fourth-order valence-corrected chi connectivity index (χ4v) is 4.59. The van der Waals surface area contributed by atoms with E-state index >= 15 is 0 Å².